The molecule has 176 valence electrons. The van der Waals surface area contributed by atoms with Crippen molar-refractivity contribution in [1.82, 2.24) is 10.3 Å². The average molecular weight is 487 g/mol. The van der Waals surface area contributed by atoms with Gasteiger partial charge in [0.1, 0.15) is 0 Å². The van der Waals surface area contributed by atoms with Crippen molar-refractivity contribution in [3.63, 3.8) is 0 Å². The van der Waals surface area contributed by atoms with Crippen molar-refractivity contribution < 1.29 is 9.90 Å². The van der Waals surface area contributed by atoms with Crippen LogP contribution in [0.3, 0.4) is 0 Å². The Morgan fingerprint density at radius 3 is 2.67 bits per heavy atom. The molecule has 1 aliphatic carbocycles. The maximum atomic E-state index is 13.8. The summed E-state index contributed by atoms with van der Waals surface area (Å²) in [5.74, 6) is 0.196. The third-order valence-corrected chi connectivity index (χ3v) is 7.67. The van der Waals surface area contributed by atoms with E-state index in [0.29, 0.717) is 16.5 Å². The number of aromatic amines is 1. The molecule has 0 radical (unpaired) electrons. The van der Waals surface area contributed by atoms with Crippen LogP contribution in [0.15, 0.2) is 42.5 Å². The molecule has 1 aromatic heterocycles. The fourth-order valence-corrected chi connectivity index (χ4v) is 5.62. The molecule has 1 aliphatic rings. The summed E-state index contributed by atoms with van der Waals surface area (Å²) in [5, 5.41) is 15.2. The van der Waals surface area contributed by atoms with E-state index in [1.54, 1.807) is 6.07 Å². The molecule has 1 amide bonds. The van der Waals surface area contributed by atoms with Crippen molar-refractivity contribution in [1.29, 1.82) is 0 Å². The number of H-pyrrole nitrogens is 1. The van der Waals surface area contributed by atoms with Gasteiger partial charge < -0.3 is 15.4 Å². The lowest BCUT2D eigenvalue weighted by atomic mass is 9.68. The first-order valence-corrected chi connectivity index (χ1v) is 12.5. The summed E-state index contributed by atoms with van der Waals surface area (Å²) >= 11 is 12.8. The lowest BCUT2D eigenvalue weighted by molar-refractivity contribution is -0.133. The number of nitrogens with one attached hydrogen (secondary N) is 2. The van der Waals surface area contributed by atoms with Crippen LogP contribution in [-0.4, -0.2) is 28.6 Å². The first-order chi connectivity index (χ1) is 15.8. The number of aryl methyl sites for hydroxylation is 2. The lowest BCUT2D eigenvalue weighted by Gasteiger charge is -2.38. The van der Waals surface area contributed by atoms with Gasteiger partial charge in [-0.1, -0.05) is 67.4 Å². The van der Waals surface area contributed by atoms with Crippen molar-refractivity contribution in [3.8, 4) is 0 Å². The van der Waals surface area contributed by atoms with E-state index in [1.807, 2.05) is 26.0 Å². The van der Waals surface area contributed by atoms with Crippen LogP contribution in [0.25, 0.3) is 10.9 Å². The molecule has 0 spiro atoms. The van der Waals surface area contributed by atoms with Crippen molar-refractivity contribution in [2.75, 3.05) is 6.61 Å². The molecule has 0 saturated carbocycles. The third kappa shape index (κ3) is 5.08. The zero-order chi connectivity index (χ0) is 23.6. The number of hydrogen-bond acceptors (Lipinski definition) is 2. The highest BCUT2D eigenvalue weighted by molar-refractivity contribution is 6.38. The Morgan fingerprint density at radius 1 is 1.21 bits per heavy atom. The van der Waals surface area contributed by atoms with Crippen LogP contribution in [0.4, 0.5) is 0 Å². The van der Waals surface area contributed by atoms with Crippen LogP contribution in [0, 0.1) is 11.3 Å². The Kier molecular flexibility index (Phi) is 7.37. The number of amides is 1. The number of carbonyl (C=O) groups excluding carboxylic acids is 1. The van der Waals surface area contributed by atoms with E-state index in [0.717, 1.165) is 54.3 Å². The number of rotatable bonds is 8. The number of halogens is 2. The minimum absolute atomic E-state index is 0.0384. The quantitative estimate of drug-likeness (QED) is 0.359. The summed E-state index contributed by atoms with van der Waals surface area (Å²) in [5.41, 5.74) is 3.92. The molecule has 6 heteroatoms. The van der Waals surface area contributed by atoms with E-state index in [1.165, 1.54) is 5.56 Å². The molecular formula is C27H32Cl2N2O2. The Morgan fingerprint density at radius 2 is 1.97 bits per heavy atom. The van der Waals surface area contributed by atoms with Gasteiger partial charge in [-0.05, 0) is 67.7 Å². The second-order valence-corrected chi connectivity index (χ2v) is 10.5. The van der Waals surface area contributed by atoms with Gasteiger partial charge in [0.2, 0.25) is 5.91 Å². The van der Waals surface area contributed by atoms with Crippen LogP contribution in [-0.2, 0) is 24.1 Å². The van der Waals surface area contributed by atoms with Crippen LogP contribution < -0.4 is 5.32 Å². The minimum Gasteiger partial charge on any atom is -0.394 e. The topological polar surface area (TPSA) is 65.1 Å². The monoisotopic (exact) mass is 486 g/mol. The van der Waals surface area contributed by atoms with Crippen LogP contribution in [0.1, 0.15) is 49.9 Å². The van der Waals surface area contributed by atoms with Crippen molar-refractivity contribution in [2.24, 2.45) is 11.3 Å². The molecule has 33 heavy (non-hydrogen) atoms. The van der Waals surface area contributed by atoms with E-state index in [-0.39, 0.29) is 24.5 Å². The molecule has 0 fully saturated rings. The number of aromatic nitrogens is 1. The normalized spacial score (nSPS) is 19.0. The van der Waals surface area contributed by atoms with Gasteiger partial charge in [-0.3, -0.25) is 4.79 Å². The van der Waals surface area contributed by atoms with Crippen molar-refractivity contribution >= 4 is 40.0 Å². The molecule has 1 heterocycles. The molecule has 2 aromatic carbocycles. The van der Waals surface area contributed by atoms with E-state index >= 15 is 0 Å². The van der Waals surface area contributed by atoms with Gasteiger partial charge in [-0.25, -0.2) is 0 Å². The minimum atomic E-state index is -0.534. The van der Waals surface area contributed by atoms with Crippen molar-refractivity contribution in [3.05, 3.63) is 69.3 Å². The summed E-state index contributed by atoms with van der Waals surface area (Å²) < 4.78 is 0. The fourth-order valence-electron chi connectivity index (χ4n) is 5.07. The third-order valence-electron chi connectivity index (χ3n) is 7.15. The van der Waals surface area contributed by atoms with Gasteiger partial charge >= 0.3 is 0 Å². The molecule has 4 nitrogen and oxygen atoms in total. The highest BCUT2D eigenvalue weighted by Gasteiger charge is 2.43. The molecule has 0 aliphatic heterocycles. The van der Waals surface area contributed by atoms with Gasteiger partial charge in [0.25, 0.3) is 0 Å². The highest BCUT2D eigenvalue weighted by Crippen LogP contribution is 2.44. The van der Waals surface area contributed by atoms with Gasteiger partial charge in [0.05, 0.1) is 28.6 Å². The van der Waals surface area contributed by atoms with E-state index in [4.69, 9.17) is 23.2 Å². The van der Waals surface area contributed by atoms with E-state index in [2.05, 4.69) is 34.6 Å². The zero-order valence-corrected chi connectivity index (χ0v) is 20.8. The Balaban J connectivity index is 1.65. The number of aliphatic hydroxyl groups excluding tert-OH is 1. The predicted octanol–water partition coefficient (Wildman–Crippen LogP) is 6.11. The lowest BCUT2D eigenvalue weighted by Crippen LogP contribution is -2.51. The van der Waals surface area contributed by atoms with E-state index in [9.17, 15) is 9.90 Å². The number of carbonyl (C=O) groups is 1. The molecule has 3 aromatic rings. The smallest absolute Gasteiger partial charge is 0.226 e. The first kappa shape index (κ1) is 24.1. The van der Waals surface area contributed by atoms with Gasteiger partial charge in [-0.2, -0.15) is 0 Å². The van der Waals surface area contributed by atoms with Crippen LogP contribution in [0.2, 0.25) is 10.0 Å². The molecule has 1 unspecified atom stereocenters. The number of benzene rings is 2. The molecule has 0 saturated heterocycles. The van der Waals surface area contributed by atoms with Crippen LogP contribution >= 0.6 is 23.2 Å². The summed E-state index contributed by atoms with van der Waals surface area (Å²) in [6.45, 7) is 3.98. The second kappa shape index (κ2) is 10.1. The highest BCUT2D eigenvalue weighted by atomic mass is 35.5. The predicted molar refractivity (Wildman–Crippen MR) is 136 cm³/mol. The fraction of sp³-hybridized carbons (Fsp3) is 0.444. The number of aliphatic hydroxyl groups is 1. The molecule has 3 N–H and O–H groups in total. The standard InChI is InChI=1S/C27H32Cl2N2O2/c1-17(2)24(16-32)31-26(33)27(11-6-9-18-7-4-3-5-8-18)12-10-23-21(15-27)20-13-19(28)14-22(29)25(20)30-23/h3-5,7-8,13-14,17,24,30,32H,6,9-12,15-16H2,1-2H3,(H,31,33)/t24-,27?/m1/s1. The maximum absolute atomic E-state index is 13.8. The molecule has 0 bridgehead atoms. The summed E-state index contributed by atoms with van der Waals surface area (Å²) in [6, 6.07) is 13.8. The summed E-state index contributed by atoms with van der Waals surface area (Å²) in [6.07, 6.45) is 4.81. The summed E-state index contributed by atoms with van der Waals surface area (Å²) in [4.78, 5) is 17.2. The number of fused-ring (bicyclic) bond motifs is 3. The SMILES string of the molecule is CC(C)[C@@H](CO)NC(=O)C1(CCCc2ccccc2)CCc2[nH]c3c(Cl)cc(Cl)cc3c2C1. The Bertz CT molecular complexity index is 1130. The second-order valence-electron chi connectivity index (χ2n) is 9.70. The summed E-state index contributed by atoms with van der Waals surface area (Å²) in [7, 11) is 0. The Hall–Kier alpha value is -2.01. The van der Waals surface area contributed by atoms with Gasteiger partial charge in [0, 0.05) is 16.1 Å². The number of hydrogen-bond donors (Lipinski definition) is 3. The molecule has 2 atom stereocenters. The largest absolute Gasteiger partial charge is 0.394 e. The average Bonchev–Trinajstić information content (AvgIpc) is 3.15. The van der Waals surface area contributed by atoms with Gasteiger partial charge in [-0.15, -0.1) is 0 Å². The molecular weight excluding hydrogens is 455 g/mol. The zero-order valence-electron chi connectivity index (χ0n) is 19.3. The maximum Gasteiger partial charge on any atom is 0.226 e. The van der Waals surface area contributed by atoms with E-state index < -0.39 is 5.41 Å². The van der Waals surface area contributed by atoms with Crippen LogP contribution in [0.5, 0.6) is 0 Å². The van der Waals surface area contributed by atoms with Gasteiger partial charge in [0.15, 0.2) is 0 Å². The molecule has 4 rings (SSSR count). The van der Waals surface area contributed by atoms with Crippen molar-refractivity contribution in [2.45, 2.75) is 58.4 Å². The Labute approximate surface area is 205 Å². The first-order valence-electron chi connectivity index (χ1n) is 11.8.